The van der Waals surface area contributed by atoms with Crippen molar-refractivity contribution in [2.75, 3.05) is 0 Å². The Balaban J connectivity index is 2.15. The Morgan fingerprint density at radius 3 is 2.15 bits per heavy atom. The van der Waals surface area contributed by atoms with Gasteiger partial charge in [-0.2, -0.15) is 13.2 Å². The summed E-state index contributed by atoms with van der Waals surface area (Å²) in [6, 6.07) is 2.99. The molecular formula is C12H12F3NO3S. The third kappa shape index (κ3) is 3.12. The highest BCUT2D eigenvalue weighted by molar-refractivity contribution is 7.90. The molecule has 20 heavy (non-hydrogen) atoms. The van der Waals surface area contributed by atoms with Gasteiger partial charge in [-0.15, -0.1) is 0 Å². The lowest BCUT2D eigenvalue weighted by atomic mass is 10.2. The molecule has 0 saturated heterocycles. The molecule has 4 nitrogen and oxygen atoms in total. The van der Waals surface area contributed by atoms with E-state index in [1.807, 2.05) is 11.6 Å². The van der Waals surface area contributed by atoms with Crippen LogP contribution in [0.4, 0.5) is 13.2 Å². The molecule has 1 N–H and O–H groups in total. The van der Waals surface area contributed by atoms with E-state index in [9.17, 15) is 26.4 Å². The number of hydrogen-bond donors (Lipinski definition) is 1. The van der Waals surface area contributed by atoms with Crippen LogP contribution in [0.3, 0.4) is 0 Å². The molecule has 1 amide bonds. The molecule has 0 spiro atoms. The highest BCUT2D eigenvalue weighted by atomic mass is 32.2. The second-order valence-corrected chi connectivity index (χ2v) is 6.49. The largest absolute Gasteiger partial charge is 0.416 e. The number of sulfonamides is 1. The van der Waals surface area contributed by atoms with Gasteiger partial charge in [0.15, 0.2) is 0 Å². The second-order valence-electron chi connectivity index (χ2n) is 4.81. The van der Waals surface area contributed by atoms with Crippen molar-refractivity contribution in [2.45, 2.75) is 24.4 Å². The molecule has 2 atom stereocenters. The minimum absolute atomic E-state index is 0.137. The van der Waals surface area contributed by atoms with E-state index in [0.717, 1.165) is 12.1 Å². The minimum atomic E-state index is -4.53. The van der Waals surface area contributed by atoms with Crippen LogP contribution in [-0.4, -0.2) is 14.3 Å². The molecule has 8 heteroatoms. The fraction of sp³-hybridized carbons (Fsp3) is 0.417. The normalized spacial score (nSPS) is 22.4. The summed E-state index contributed by atoms with van der Waals surface area (Å²) >= 11 is 0. The molecule has 0 aliphatic heterocycles. The summed E-state index contributed by atoms with van der Waals surface area (Å²) in [4.78, 5) is 11.2. The van der Waals surface area contributed by atoms with Gasteiger partial charge in [-0.3, -0.25) is 4.79 Å². The van der Waals surface area contributed by atoms with Gasteiger partial charge in [0.05, 0.1) is 10.5 Å². The zero-order chi connectivity index (χ0) is 15.1. The summed E-state index contributed by atoms with van der Waals surface area (Å²) in [5.74, 6) is -0.811. The maximum Gasteiger partial charge on any atom is 0.416 e. The number of amides is 1. The summed E-state index contributed by atoms with van der Waals surface area (Å²) in [5, 5.41) is 0. The van der Waals surface area contributed by atoms with Crippen molar-refractivity contribution >= 4 is 15.9 Å². The average molecular weight is 307 g/mol. The van der Waals surface area contributed by atoms with Crippen LogP contribution < -0.4 is 4.72 Å². The monoisotopic (exact) mass is 307 g/mol. The first-order valence-corrected chi connectivity index (χ1v) is 7.33. The van der Waals surface area contributed by atoms with Crippen LogP contribution in [0.2, 0.25) is 0 Å². The van der Waals surface area contributed by atoms with Crippen LogP contribution >= 0.6 is 0 Å². The third-order valence-corrected chi connectivity index (χ3v) is 4.54. The average Bonchev–Trinajstić information content (AvgIpc) is 3.05. The van der Waals surface area contributed by atoms with E-state index in [1.165, 1.54) is 0 Å². The van der Waals surface area contributed by atoms with Crippen LogP contribution in [0.1, 0.15) is 18.9 Å². The van der Waals surface area contributed by atoms with Crippen molar-refractivity contribution in [3.63, 3.8) is 0 Å². The fourth-order valence-corrected chi connectivity index (χ4v) is 2.81. The maximum atomic E-state index is 12.4. The molecule has 2 unspecified atom stereocenters. The lowest BCUT2D eigenvalue weighted by Gasteiger charge is -2.09. The molecule has 1 fully saturated rings. The molecule has 1 aromatic rings. The van der Waals surface area contributed by atoms with Gasteiger partial charge in [0.2, 0.25) is 5.91 Å². The molecule has 2 rings (SSSR count). The van der Waals surface area contributed by atoms with Crippen molar-refractivity contribution < 1.29 is 26.4 Å². The summed E-state index contributed by atoms with van der Waals surface area (Å²) < 4.78 is 62.6. The molecular weight excluding hydrogens is 295 g/mol. The van der Waals surface area contributed by atoms with Gasteiger partial charge in [0.25, 0.3) is 10.0 Å². The zero-order valence-corrected chi connectivity index (χ0v) is 11.3. The van der Waals surface area contributed by atoms with E-state index in [4.69, 9.17) is 0 Å². The Bertz CT molecular complexity index is 622. The SMILES string of the molecule is CC1CC1C(=O)NS(=O)(=O)c1ccc(C(F)(F)F)cc1. The summed E-state index contributed by atoms with van der Waals surface area (Å²) in [6.45, 7) is 1.81. The Labute approximate surface area is 114 Å². The lowest BCUT2D eigenvalue weighted by Crippen LogP contribution is -2.32. The van der Waals surface area contributed by atoms with Gasteiger partial charge in [0, 0.05) is 5.92 Å². The highest BCUT2D eigenvalue weighted by Gasteiger charge is 2.40. The number of alkyl halides is 3. The van der Waals surface area contributed by atoms with Gasteiger partial charge in [0.1, 0.15) is 0 Å². The number of benzene rings is 1. The van der Waals surface area contributed by atoms with Crippen LogP contribution in [0.15, 0.2) is 29.2 Å². The molecule has 0 radical (unpaired) electrons. The quantitative estimate of drug-likeness (QED) is 0.931. The molecule has 110 valence electrons. The van der Waals surface area contributed by atoms with Gasteiger partial charge >= 0.3 is 6.18 Å². The first-order valence-electron chi connectivity index (χ1n) is 5.85. The lowest BCUT2D eigenvalue weighted by molar-refractivity contribution is -0.137. The first-order chi connectivity index (χ1) is 9.11. The number of carbonyl (C=O) groups excluding carboxylic acids is 1. The number of nitrogens with one attached hydrogen (secondary N) is 1. The molecule has 1 saturated carbocycles. The smallest absolute Gasteiger partial charge is 0.274 e. The van der Waals surface area contributed by atoms with E-state index in [2.05, 4.69) is 0 Å². The fourth-order valence-electron chi connectivity index (χ4n) is 1.78. The third-order valence-electron chi connectivity index (χ3n) is 3.17. The Morgan fingerprint density at radius 2 is 1.75 bits per heavy atom. The van der Waals surface area contributed by atoms with Crippen LogP contribution in [0, 0.1) is 11.8 Å². The minimum Gasteiger partial charge on any atom is -0.274 e. The van der Waals surface area contributed by atoms with E-state index in [1.54, 1.807) is 0 Å². The Kier molecular flexibility index (Phi) is 3.53. The van der Waals surface area contributed by atoms with Gasteiger partial charge < -0.3 is 0 Å². The molecule has 1 aromatic carbocycles. The van der Waals surface area contributed by atoms with Crippen molar-refractivity contribution in [1.82, 2.24) is 4.72 Å². The summed E-state index contributed by atoms with van der Waals surface area (Å²) in [7, 11) is -4.12. The summed E-state index contributed by atoms with van der Waals surface area (Å²) in [5.41, 5.74) is -0.946. The first kappa shape index (κ1) is 14.8. The number of rotatable bonds is 3. The number of halogens is 3. The molecule has 0 aromatic heterocycles. The van der Waals surface area contributed by atoms with Crippen molar-refractivity contribution in [3.8, 4) is 0 Å². The van der Waals surface area contributed by atoms with Crippen LogP contribution in [-0.2, 0) is 21.0 Å². The van der Waals surface area contributed by atoms with E-state index in [-0.39, 0.29) is 16.7 Å². The van der Waals surface area contributed by atoms with Crippen molar-refractivity contribution in [1.29, 1.82) is 0 Å². The van der Waals surface area contributed by atoms with Crippen LogP contribution in [0.25, 0.3) is 0 Å². The van der Waals surface area contributed by atoms with Gasteiger partial charge in [-0.1, -0.05) is 6.92 Å². The zero-order valence-electron chi connectivity index (χ0n) is 10.4. The van der Waals surface area contributed by atoms with Crippen molar-refractivity contribution in [2.24, 2.45) is 11.8 Å². The Hall–Kier alpha value is -1.57. The standard InChI is InChI=1S/C12H12F3NO3S/c1-7-6-10(7)11(17)16-20(18,19)9-4-2-8(3-5-9)12(13,14)15/h2-5,7,10H,6H2,1H3,(H,16,17). The van der Waals surface area contributed by atoms with Gasteiger partial charge in [-0.25, -0.2) is 13.1 Å². The van der Waals surface area contributed by atoms with E-state index < -0.39 is 27.7 Å². The van der Waals surface area contributed by atoms with E-state index in [0.29, 0.717) is 18.6 Å². The predicted octanol–water partition coefficient (Wildman–Crippen LogP) is 2.17. The van der Waals surface area contributed by atoms with Gasteiger partial charge in [-0.05, 0) is 36.6 Å². The second kappa shape index (κ2) is 4.76. The van der Waals surface area contributed by atoms with E-state index >= 15 is 0 Å². The Morgan fingerprint density at radius 1 is 1.25 bits per heavy atom. The summed E-state index contributed by atoms with van der Waals surface area (Å²) in [6.07, 6.45) is -3.91. The molecule has 1 aliphatic rings. The van der Waals surface area contributed by atoms with Crippen LogP contribution in [0.5, 0.6) is 0 Å². The molecule has 0 heterocycles. The number of hydrogen-bond acceptors (Lipinski definition) is 3. The highest BCUT2D eigenvalue weighted by Crippen LogP contribution is 2.38. The molecule has 0 bridgehead atoms. The maximum absolute atomic E-state index is 12.4. The predicted molar refractivity (Wildman–Crippen MR) is 64.0 cm³/mol. The number of carbonyl (C=O) groups is 1. The molecule has 1 aliphatic carbocycles. The van der Waals surface area contributed by atoms with Crippen molar-refractivity contribution in [3.05, 3.63) is 29.8 Å². The topological polar surface area (TPSA) is 63.2 Å².